The minimum Gasteiger partial charge on any atom is -0.298 e. The number of aromatic nitrogens is 4. The molecule has 0 radical (unpaired) electrons. The Hall–Kier alpha value is -1.85. The van der Waals surface area contributed by atoms with Crippen LogP contribution in [0.1, 0.15) is 6.92 Å². The summed E-state index contributed by atoms with van der Waals surface area (Å²) < 4.78 is 2.73. The fourth-order valence-corrected chi connectivity index (χ4v) is 1.38. The highest BCUT2D eigenvalue weighted by molar-refractivity contribution is 5.68. The van der Waals surface area contributed by atoms with E-state index < -0.39 is 0 Å². The molecule has 0 saturated carbocycles. The number of aromatic amines is 1. The molecule has 0 amide bonds. The fourth-order valence-electron chi connectivity index (χ4n) is 1.38. The van der Waals surface area contributed by atoms with Crippen LogP contribution in [0, 0.1) is 0 Å². The quantitative estimate of drug-likeness (QED) is 0.661. The summed E-state index contributed by atoms with van der Waals surface area (Å²) >= 11 is 0. The zero-order chi connectivity index (χ0) is 10.3. The van der Waals surface area contributed by atoms with Gasteiger partial charge >= 0.3 is 5.69 Å². The summed E-state index contributed by atoms with van der Waals surface area (Å²) in [7, 11) is 1.55. The van der Waals surface area contributed by atoms with Gasteiger partial charge < -0.3 is 0 Å². The van der Waals surface area contributed by atoms with Gasteiger partial charge in [-0.25, -0.2) is 9.78 Å². The van der Waals surface area contributed by atoms with Gasteiger partial charge in [-0.15, -0.1) is 0 Å². The lowest BCUT2D eigenvalue weighted by Crippen LogP contribution is -2.22. The summed E-state index contributed by atoms with van der Waals surface area (Å²) in [6.45, 7) is 2.39. The van der Waals surface area contributed by atoms with E-state index in [1.165, 1.54) is 15.5 Å². The molecule has 0 atom stereocenters. The van der Waals surface area contributed by atoms with Crippen LogP contribution in [0.25, 0.3) is 11.2 Å². The van der Waals surface area contributed by atoms with E-state index in [4.69, 9.17) is 0 Å². The topological polar surface area (TPSA) is 72.7 Å². The van der Waals surface area contributed by atoms with Gasteiger partial charge in [0.25, 0.3) is 5.56 Å². The highest BCUT2D eigenvalue weighted by Gasteiger charge is 2.09. The van der Waals surface area contributed by atoms with Gasteiger partial charge in [-0.2, -0.15) is 0 Å². The Bertz CT molecular complexity index is 589. The molecule has 0 spiro atoms. The van der Waals surface area contributed by atoms with E-state index in [2.05, 4.69) is 9.97 Å². The van der Waals surface area contributed by atoms with E-state index in [1.54, 1.807) is 7.05 Å². The van der Waals surface area contributed by atoms with Crippen molar-refractivity contribution in [3.8, 4) is 0 Å². The van der Waals surface area contributed by atoms with Gasteiger partial charge in [0.15, 0.2) is 11.2 Å². The first kappa shape index (κ1) is 8.74. The molecule has 2 rings (SSSR count). The van der Waals surface area contributed by atoms with Crippen molar-refractivity contribution in [2.24, 2.45) is 7.05 Å². The van der Waals surface area contributed by atoms with Crippen molar-refractivity contribution in [1.82, 2.24) is 19.1 Å². The molecule has 6 heteroatoms. The molecule has 0 aliphatic rings. The smallest absolute Gasteiger partial charge is 0.298 e. The Morgan fingerprint density at radius 1 is 1.50 bits per heavy atom. The predicted molar refractivity (Wildman–Crippen MR) is 51.3 cm³/mol. The molecule has 0 saturated heterocycles. The van der Waals surface area contributed by atoms with Crippen LogP contribution in [0.3, 0.4) is 0 Å². The Kier molecular flexibility index (Phi) is 1.77. The molecule has 0 fully saturated rings. The lowest BCUT2D eigenvalue weighted by Gasteiger charge is -1.99. The molecular weight excluding hydrogens is 184 g/mol. The Morgan fingerprint density at radius 2 is 2.21 bits per heavy atom. The molecule has 6 nitrogen and oxygen atoms in total. The lowest BCUT2D eigenvalue weighted by molar-refractivity contribution is 0.711. The van der Waals surface area contributed by atoms with Crippen molar-refractivity contribution in [1.29, 1.82) is 0 Å². The van der Waals surface area contributed by atoms with Crippen LogP contribution in [0.5, 0.6) is 0 Å². The maximum Gasteiger partial charge on any atom is 0.327 e. The Labute approximate surface area is 78.8 Å². The average Bonchev–Trinajstić information content (AvgIpc) is 2.44. The third-order valence-corrected chi connectivity index (χ3v) is 2.22. The van der Waals surface area contributed by atoms with Gasteiger partial charge in [-0.3, -0.25) is 18.9 Å². The average molecular weight is 194 g/mol. The molecule has 0 unspecified atom stereocenters. The predicted octanol–water partition coefficient (Wildman–Crippen LogP) is -0.557. The number of imidazole rings is 1. The maximum atomic E-state index is 11.7. The van der Waals surface area contributed by atoms with E-state index in [0.717, 1.165) is 0 Å². The maximum absolute atomic E-state index is 11.7. The van der Waals surface area contributed by atoms with Crippen LogP contribution < -0.4 is 11.2 Å². The molecule has 1 N–H and O–H groups in total. The van der Waals surface area contributed by atoms with Gasteiger partial charge in [0.1, 0.15) is 0 Å². The Morgan fingerprint density at radius 3 is 2.86 bits per heavy atom. The molecule has 0 aliphatic carbocycles. The number of rotatable bonds is 1. The van der Waals surface area contributed by atoms with Gasteiger partial charge in [-0.05, 0) is 6.92 Å². The van der Waals surface area contributed by atoms with E-state index in [-0.39, 0.29) is 11.2 Å². The van der Waals surface area contributed by atoms with Crippen LogP contribution in [-0.4, -0.2) is 19.1 Å². The zero-order valence-electron chi connectivity index (χ0n) is 7.94. The lowest BCUT2D eigenvalue weighted by atomic mass is 10.5. The number of fused-ring (bicyclic) bond motifs is 1. The first-order chi connectivity index (χ1) is 6.65. The van der Waals surface area contributed by atoms with Crippen molar-refractivity contribution in [3.63, 3.8) is 0 Å². The molecule has 14 heavy (non-hydrogen) atoms. The third-order valence-electron chi connectivity index (χ3n) is 2.22. The van der Waals surface area contributed by atoms with Gasteiger partial charge in [0, 0.05) is 13.6 Å². The second kappa shape index (κ2) is 2.83. The second-order valence-corrected chi connectivity index (χ2v) is 3.02. The SMILES string of the molecule is CCn1cnc2[nH]c(=O)n(C)c2c1=O. The largest absolute Gasteiger partial charge is 0.327 e. The highest BCUT2D eigenvalue weighted by atomic mass is 16.2. The minimum absolute atomic E-state index is 0.196. The summed E-state index contributed by atoms with van der Waals surface area (Å²) in [4.78, 5) is 29.4. The number of H-pyrrole nitrogens is 1. The summed E-state index contributed by atoms with van der Waals surface area (Å²) in [5.41, 5.74) is 0.142. The van der Waals surface area contributed by atoms with Gasteiger partial charge in [0.2, 0.25) is 0 Å². The van der Waals surface area contributed by atoms with E-state index in [0.29, 0.717) is 17.7 Å². The monoisotopic (exact) mass is 194 g/mol. The van der Waals surface area contributed by atoms with E-state index in [9.17, 15) is 9.59 Å². The first-order valence-electron chi connectivity index (χ1n) is 4.29. The number of hydrogen-bond donors (Lipinski definition) is 1. The molecule has 0 aliphatic heterocycles. The highest BCUT2D eigenvalue weighted by Crippen LogP contribution is 1.97. The van der Waals surface area contributed by atoms with E-state index in [1.807, 2.05) is 6.92 Å². The van der Waals surface area contributed by atoms with Crippen LogP contribution in [0.4, 0.5) is 0 Å². The van der Waals surface area contributed by atoms with Crippen molar-refractivity contribution in [2.45, 2.75) is 13.5 Å². The summed E-state index contributed by atoms with van der Waals surface area (Å²) in [6, 6.07) is 0. The van der Waals surface area contributed by atoms with Gasteiger partial charge in [0.05, 0.1) is 6.33 Å². The number of aryl methyl sites for hydroxylation is 2. The zero-order valence-corrected chi connectivity index (χ0v) is 7.94. The molecule has 2 heterocycles. The standard InChI is InChI=1S/C8H10N4O2/c1-3-12-4-9-6-5(7(12)13)11(2)8(14)10-6/h4H,3H2,1-2H3,(H,10,14). The number of nitrogens with zero attached hydrogens (tertiary/aromatic N) is 3. The molecule has 2 aromatic rings. The summed E-state index contributed by atoms with van der Waals surface area (Å²) in [5, 5.41) is 0. The third kappa shape index (κ3) is 1.00. The summed E-state index contributed by atoms with van der Waals surface area (Å²) in [6.07, 6.45) is 1.43. The molecule has 0 aromatic carbocycles. The van der Waals surface area contributed by atoms with Crippen LogP contribution >= 0.6 is 0 Å². The van der Waals surface area contributed by atoms with Crippen molar-refractivity contribution in [2.75, 3.05) is 0 Å². The number of hydrogen-bond acceptors (Lipinski definition) is 3. The molecule has 74 valence electrons. The van der Waals surface area contributed by atoms with Crippen LogP contribution in [-0.2, 0) is 13.6 Å². The normalized spacial score (nSPS) is 11.0. The molecular formula is C8H10N4O2. The Balaban J connectivity index is 3.01. The van der Waals surface area contributed by atoms with Crippen LogP contribution in [0.15, 0.2) is 15.9 Å². The van der Waals surface area contributed by atoms with Crippen molar-refractivity contribution in [3.05, 3.63) is 27.2 Å². The van der Waals surface area contributed by atoms with E-state index >= 15 is 0 Å². The van der Waals surface area contributed by atoms with Crippen LogP contribution in [0.2, 0.25) is 0 Å². The first-order valence-corrected chi connectivity index (χ1v) is 4.29. The second-order valence-electron chi connectivity index (χ2n) is 3.02. The number of nitrogens with one attached hydrogen (secondary N) is 1. The molecule has 0 bridgehead atoms. The molecule has 2 aromatic heterocycles. The fraction of sp³-hybridized carbons (Fsp3) is 0.375. The summed E-state index contributed by atoms with van der Waals surface area (Å²) in [5.74, 6) is 0. The minimum atomic E-state index is -0.321. The van der Waals surface area contributed by atoms with Gasteiger partial charge in [-0.1, -0.05) is 0 Å². The van der Waals surface area contributed by atoms with Crippen molar-refractivity contribution < 1.29 is 0 Å². The van der Waals surface area contributed by atoms with Crippen molar-refractivity contribution >= 4 is 11.2 Å².